The lowest BCUT2D eigenvalue weighted by molar-refractivity contribution is -0.121. The third-order valence-electron chi connectivity index (χ3n) is 4.37. The number of hydrogen-bond donors (Lipinski definition) is 1. The monoisotopic (exact) mass is 365 g/mol. The fourth-order valence-electron chi connectivity index (χ4n) is 2.99. The van der Waals surface area contributed by atoms with E-state index < -0.39 is 0 Å². The van der Waals surface area contributed by atoms with Crippen LogP contribution in [0.4, 0.5) is 0 Å². The summed E-state index contributed by atoms with van der Waals surface area (Å²) in [5.41, 5.74) is 1.82. The second-order valence-corrected chi connectivity index (χ2v) is 6.17. The predicted octanol–water partition coefficient (Wildman–Crippen LogP) is 2.89. The van der Waals surface area contributed by atoms with E-state index in [4.69, 9.17) is 9.47 Å². The van der Waals surface area contributed by atoms with E-state index in [0.717, 1.165) is 17.0 Å². The zero-order valence-electron chi connectivity index (χ0n) is 15.7. The molecule has 6 heteroatoms. The molecular weight excluding hydrogens is 342 g/mol. The Bertz CT molecular complexity index is 906. The molecule has 3 rings (SSSR count). The van der Waals surface area contributed by atoms with E-state index in [1.165, 1.54) is 0 Å². The van der Waals surface area contributed by atoms with Gasteiger partial charge in [0.15, 0.2) is 11.5 Å². The zero-order valence-corrected chi connectivity index (χ0v) is 15.7. The van der Waals surface area contributed by atoms with Crippen molar-refractivity contribution in [1.29, 1.82) is 0 Å². The lowest BCUT2D eigenvalue weighted by atomic mass is 10.0. The minimum atomic E-state index is -0.321. The Kier molecular flexibility index (Phi) is 5.76. The first-order valence-electron chi connectivity index (χ1n) is 8.64. The Labute approximate surface area is 158 Å². The van der Waals surface area contributed by atoms with Gasteiger partial charge in [-0.25, -0.2) is 4.98 Å². The van der Waals surface area contributed by atoms with Crippen LogP contribution in [0.5, 0.6) is 11.5 Å². The van der Waals surface area contributed by atoms with Gasteiger partial charge in [0.1, 0.15) is 11.9 Å². The molecule has 0 saturated carbocycles. The van der Waals surface area contributed by atoms with Crippen molar-refractivity contribution in [3.8, 4) is 11.5 Å². The topological polar surface area (TPSA) is 65.4 Å². The van der Waals surface area contributed by atoms with E-state index >= 15 is 0 Å². The van der Waals surface area contributed by atoms with Crippen molar-refractivity contribution >= 4 is 5.91 Å². The van der Waals surface area contributed by atoms with Gasteiger partial charge in [-0.15, -0.1) is 0 Å². The van der Waals surface area contributed by atoms with E-state index in [2.05, 4.69) is 10.3 Å². The zero-order chi connectivity index (χ0) is 19.2. The minimum absolute atomic E-state index is 0.0981. The summed E-state index contributed by atoms with van der Waals surface area (Å²) in [6.45, 7) is 0. The molecule has 1 unspecified atom stereocenters. The highest BCUT2D eigenvalue weighted by Gasteiger charge is 2.20. The molecule has 0 aliphatic heterocycles. The summed E-state index contributed by atoms with van der Waals surface area (Å²) in [4.78, 5) is 17.2. The number of benzene rings is 2. The van der Waals surface area contributed by atoms with Gasteiger partial charge in [0.25, 0.3) is 0 Å². The Hall–Kier alpha value is -3.28. The summed E-state index contributed by atoms with van der Waals surface area (Å²) in [5.74, 6) is 1.92. The van der Waals surface area contributed by atoms with E-state index in [-0.39, 0.29) is 18.4 Å². The SMILES string of the molecule is COc1ccc(CC(=O)NC(c2ccccc2)c2nccn2C)cc1OC. The van der Waals surface area contributed by atoms with Gasteiger partial charge in [-0.3, -0.25) is 4.79 Å². The summed E-state index contributed by atoms with van der Waals surface area (Å²) in [6.07, 6.45) is 3.83. The van der Waals surface area contributed by atoms with Gasteiger partial charge in [0.2, 0.25) is 5.91 Å². The Morgan fingerprint density at radius 3 is 2.48 bits per heavy atom. The van der Waals surface area contributed by atoms with E-state index in [0.29, 0.717) is 11.5 Å². The number of carbonyl (C=O) groups excluding carboxylic acids is 1. The number of aromatic nitrogens is 2. The number of ether oxygens (including phenoxy) is 2. The number of aryl methyl sites for hydroxylation is 1. The molecule has 0 spiro atoms. The Balaban J connectivity index is 1.80. The van der Waals surface area contributed by atoms with Crippen LogP contribution in [0, 0.1) is 0 Å². The summed E-state index contributed by atoms with van der Waals surface area (Å²) in [7, 11) is 5.08. The summed E-state index contributed by atoms with van der Waals surface area (Å²) >= 11 is 0. The van der Waals surface area contributed by atoms with Crippen LogP contribution in [0.1, 0.15) is 23.0 Å². The van der Waals surface area contributed by atoms with Crippen LogP contribution in [0.15, 0.2) is 60.9 Å². The van der Waals surface area contributed by atoms with E-state index in [1.54, 1.807) is 26.5 Å². The van der Waals surface area contributed by atoms with Gasteiger partial charge in [-0.05, 0) is 23.3 Å². The lowest BCUT2D eigenvalue weighted by Gasteiger charge is -2.19. The van der Waals surface area contributed by atoms with E-state index in [1.807, 2.05) is 60.3 Å². The van der Waals surface area contributed by atoms with Gasteiger partial charge in [-0.1, -0.05) is 36.4 Å². The van der Waals surface area contributed by atoms with Crippen molar-refractivity contribution in [2.24, 2.45) is 7.05 Å². The third-order valence-corrected chi connectivity index (χ3v) is 4.37. The first kappa shape index (κ1) is 18.5. The molecule has 1 heterocycles. The maximum atomic E-state index is 12.7. The number of hydrogen-bond acceptors (Lipinski definition) is 4. The van der Waals surface area contributed by atoms with Crippen molar-refractivity contribution in [1.82, 2.24) is 14.9 Å². The minimum Gasteiger partial charge on any atom is -0.493 e. The fraction of sp³-hybridized carbons (Fsp3) is 0.238. The van der Waals surface area contributed by atoms with Gasteiger partial charge in [-0.2, -0.15) is 0 Å². The molecule has 0 aliphatic rings. The highest BCUT2D eigenvalue weighted by molar-refractivity contribution is 5.79. The third kappa shape index (κ3) is 4.28. The van der Waals surface area contributed by atoms with Crippen LogP contribution in [0.25, 0.3) is 0 Å². The van der Waals surface area contributed by atoms with Crippen LogP contribution in [0.2, 0.25) is 0 Å². The van der Waals surface area contributed by atoms with E-state index in [9.17, 15) is 4.79 Å². The molecule has 2 aromatic carbocycles. The molecular formula is C21H23N3O3. The quantitative estimate of drug-likeness (QED) is 0.699. The molecule has 0 saturated heterocycles. The average Bonchev–Trinajstić information content (AvgIpc) is 3.12. The molecule has 1 atom stereocenters. The van der Waals surface area contributed by atoms with Gasteiger partial charge in [0, 0.05) is 19.4 Å². The fourth-order valence-corrected chi connectivity index (χ4v) is 2.99. The Morgan fingerprint density at radius 1 is 1.11 bits per heavy atom. The van der Waals surface area contributed by atoms with Crippen molar-refractivity contribution < 1.29 is 14.3 Å². The molecule has 1 N–H and O–H groups in total. The molecule has 1 aromatic heterocycles. The van der Waals surface area contributed by atoms with Crippen LogP contribution >= 0.6 is 0 Å². The van der Waals surface area contributed by atoms with Crippen LogP contribution < -0.4 is 14.8 Å². The molecule has 0 aliphatic carbocycles. The van der Waals surface area contributed by atoms with Crippen molar-refractivity contribution in [3.05, 3.63) is 77.9 Å². The number of rotatable bonds is 7. The van der Waals surface area contributed by atoms with Crippen LogP contribution in [-0.2, 0) is 18.3 Å². The number of carbonyl (C=O) groups is 1. The molecule has 27 heavy (non-hydrogen) atoms. The molecule has 3 aromatic rings. The number of amides is 1. The standard InChI is InChI=1S/C21H23N3O3/c1-24-12-11-22-21(24)20(16-7-5-4-6-8-16)23-19(25)14-15-9-10-17(26-2)18(13-15)27-3/h4-13,20H,14H2,1-3H3,(H,23,25). The van der Waals surface area contributed by atoms with Crippen LogP contribution in [0.3, 0.4) is 0 Å². The summed E-state index contributed by atoms with van der Waals surface area (Å²) in [5, 5.41) is 3.10. The number of imidazole rings is 1. The van der Waals surface area contributed by atoms with Gasteiger partial charge in [0.05, 0.1) is 20.6 Å². The largest absolute Gasteiger partial charge is 0.493 e. The molecule has 140 valence electrons. The molecule has 0 fully saturated rings. The first-order chi connectivity index (χ1) is 13.1. The second kappa shape index (κ2) is 8.40. The second-order valence-electron chi connectivity index (χ2n) is 6.17. The normalized spacial score (nSPS) is 11.7. The number of nitrogens with one attached hydrogen (secondary N) is 1. The summed E-state index contributed by atoms with van der Waals surface area (Å²) < 4.78 is 12.5. The molecule has 6 nitrogen and oxygen atoms in total. The maximum absolute atomic E-state index is 12.7. The van der Waals surface area contributed by atoms with Crippen molar-refractivity contribution in [3.63, 3.8) is 0 Å². The maximum Gasteiger partial charge on any atom is 0.225 e. The molecule has 0 radical (unpaired) electrons. The highest BCUT2D eigenvalue weighted by atomic mass is 16.5. The first-order valence-corrected chi connectivity index (χ1v) is 8.64. The highest BCUT2D eigenvalue weighted by Crippen LogP contribution is 2.28. The van der Waals surface area contributed by atoms with Gasteiger partial charge < -0.3 is 19.4 Å². The lowest BCUT2D eigenvalue weighted by Crippen LogP contribution is -2.32. The van der Waals surface area contributed by atoms with Crippen molar-refractivity contribution in [2.75, 3.05) is 14.2 Å². The Morgan fingerprint density at radius 2 is 1.85 bits per heavy atom. The van der Waals surface area contributed by atoms with Crippen LogP contribution in [-0.4, -0.2) is 29.7 Å². The summed E-state index contributed by atoms with van der Waals surface area (Å²) in [6, 6.07) is 15.0. The van der Waals surface area contributed by atoms with Crippen molar-refractivity contribution in [2.45, 2.75) is 12.5 Å². The molecule has 0 bridgehead atoms. The average molecular weight is 365 g/mol. The van der Waals surface area contributed by atoms with Gasteiger partial charge >= 0.3 is 0 Å². The number of methoxy groups -OCH3 is 2. The smallest absolute Gasteiger partial charge is 0.225 e. The predicted molar refractivity (Wildman–Crippen MR) is 103 cm³/mol. The molecule has 1 amide bonds. The number of nitrogens with zero attached hydrogens (tertiary/aromatic N) is 2.